The normalized spacial score (nSPS) is 14.5. The van der Waals surface area contributed by atoms with Gasteiger partial charge in [-0.2, -0.15) is 0 Å². The maximum atomic E-state index is 13.9. The third-order valence-corrected chi connectivity index (χ3v) is 6.67. The maximum absolute atomic E-state index is 13.9. The highest BCUT2D eigenvalue weighted by Gasteiger charge is 2.28. The van der Waals surface area contributed by atoms with Crippen molar-refractivity contribution in [3.63, 3.8) is 0 Å². The van der Waals surface area contributed by atoms with Crippen LogP contribution in [0.3, 0.4) is 0 Å². The van der Waals surface area contributed by atoms with Gasteiger partial charge in [0.05, 0.1) is 14.7 Å². The summed E-state index contributed by atoms with van der Waals surface area (Å²) in [7, 11) is 0. The summed E-state index contributed by atoms with van der Waals surface area (Å²) in [5.74, 6) is -0.804. The average Bonchev–Trinajstić information content (AvgIpc) is 3.35. The van der Waals surface area contributed by atoms with Gasteiger partial charge < -0.3 is 9.80 Å². The quantitative estimate of drug-likeness (QED) is 0.480. The Labute approximate surface area is 166 Å². The number of thiophene rings is 2. The topological polar surface area (TPSA) is 83.8 Å². The van der Waals surface area contributed by atoms with E-state index in [4.69, 9.17) is 0 Å². The van der Waals surface area contributed by atoms with Crippen molar-refractivity contribution in [2.75, 3.05) is 26.2 Å². The molecule has 3 heterocycles. The first kappa shape index (κ1) is 18.5. The molecule has 1 saturated heterocycles. The smallest absolute Gasteiger partial charge is 0.324 e. The van der Waals surface area contributed by atoms with Gasteiger partial charge in [0, 0.05) is 42.3 Å². The van der Waals surface area contributed by atoms with E-state index in [0.29, 0.717) is 41.3 Å². The van der Waals surface area contributed by atoms with E-state index >= 15 is 0 Å². The summed E-state index contributed by atoms with van der Waals surface area (Å²) in [6, 6.07) is 9.09. The molecule has 1 aromatic carbocycles. The van der Waals surface area contributed by atoms with Gasteiger partial charge in [0.15, 0.2) is 0 Å². The highest BCUT2D eigenvalue weighted by Crippen LogP contribution is 2.29. The number of nitro groups is 1. The summed E-state index contributed by atoms with van der Waals surface area (Å²) in [4.78, 5) is 39.5. The van der Waals surface area contributed by atoms with Crippen LogP contribution in [0.5, 0.6) is 0 Å². The van der Waals surface area contributed by atoms with E-state index in [-0.39, 0.29) is 22.6 Å². The van der Waals surface area contributed by atoms with Crippen LogP contribution in [0.4, 0.5) is 9.39 Å². The van der Waals surface area contributed by atoms with Crippen LogP contribution in [0.25, 0.3) is 10.1 Å². The molecule has 0 radical (unpaired) electrons. The Bertz CT molecular complexity index is 1090. The van der Waals surface area contributed by atoms with Gasteiger partial charge in [0.1, 0.15) is 5.82 Å². The van der Waals surface area contributed by atoms with Crippen LogP contribution in [0, 0.1) is 15.9 Å². The lowest BCUT2D eigenvalue weighted by Gasteiger charge is -2.34. The molecule has 0 atom stereocenters. The zero-order chi connectivity index (χ0) is 19.8. The van der Waals surface area contributed by atoms with Gasteiger partial charge in [-0.3, -0.25) is 19.7 Å². The lowest BCUT2D eigenvalue weighted by atomic mass is 10.2. The van der Waals surface area contributed by atoms with Crippen molar-refractivity contribution in [3.8, 4) is 0 Å². The average molecular weight is 419 g/mol. The number of benzene rings is 1. The summed E-state index contributed by atoms with van der Waals surface area (Å²) in [6.07, 6.45) is 0. The molecule has 0 N–H and O–H groups in total. The van der Waals surface area contributed by atoms with Crippen molar-refractivity contribution in [2.45, 2.75) is 0 Å². The van der Waals surface area contributed by atoms with Crippen molar-refractivity contribution in [1.82, 2.24) is 9.80 Å². The minimum Gasteiger partial charge on any atom is -0.334 e. The zero-order valence-electron chi connectivity index (χ0n) is 14.5. The van der Waals surface area contributed by atoms with E-state index in [9.17, 15) is 24.1 Å². The van der Waals surface area contributed by atoms with Gasteiger partial charge in [-0.25, -0.2) is 4.39 Å². The second-order valence-electron chi connectivity index (χ2n) is 6.24. The number of amides is 2. The summed E-state index contributed by atoms with van der Waals surface area (Å²) < 4.78 is 14.6. The highest BCUT2D eigenvalue weighted by molar-refractivity contribution is 7.20. The molecule has 2 aromatic heterocycles. The molecule has 1 aliphatic rings. The fourth-order valence-corrected chi connectivity index (χ4v) is 4.93. The SMILES string of the molecule is O=C(c1ccc([N+](=O)[O-])s1)N1CCN(C(=O)c2cc3c(F)cccc3s2)CC1. The molecule has 0 bridgehead atoms. The molecule has 0 aliphatic carbocycles. The molecular weight excluding hydrogens is 405 g/mol. The van der Waals surface area contributed by atoms with Crippen LogP contribution >= 0.6 is 22.7 Å². The molecule has 28 heavy (non-hydrogen) atoms. The number of rotatable bonds is 3. The molecule has 1 fully saturated rings. The van der Waals surface area contributed by atoms with E-state index in [1.165, 1.54) is 29.5 Å². The zero-order valence-corrected chi connectivity index (χ0v) is 16.1. The second kappa shape index (κ2) is 7.28. The minimum absolute atomic E-state index is 0.0749. The highest BCUT2D eigenvalue weighted by atomic mass is 32.1. The number of nitrogens with zero attached hydrogens (tertiary/aromatic N) is 3. The van der Waals surface area contributed by atoms with Crippen LogP contribution in [0.15, 0.2) is 36.4 Å². The number of halogens is 1. The van der Waals surface area contributed by atoms with Crippen molar-refractivity contribution in [2.24, 2.45) is 0 Å². The summed E-state index contributed by atoms with van der Waals surface area (Å²) in [6.45, 7) is 1.40. The van der Waals surface area contributed by atoms with E-state index < -0.39 is 4.92 Å². The Kier molecular flexibility index (Phi) is 4.82. The van der Waals surface area contributed by atoms with Gasteiger partial charge in [0.25, 0.3) is 11.8 Å². The van der Waals surface area contributed by atoms with E-state index in [1.807, 2.05) is 0 Å². The van der Waals surface area contributed by atoms with Crippen LogP contribution in [-0.2, 0) is 0 Å². The largest absolute Gasteiger partial charge is 0.334 e. The predicted octanol–water partition coefficient (Wildman–Crippen LogP) is 3.61. The number of carbonyl (C=O) groups excluding carboxylic acids is 2. The summed E-state index contributed by atoms with van der Waals surface area (Å²) >= 11 is 2.09. The van der Waals surface area contributed by atoms with Gasteiger partial charge in [-0.1, -0.05) is 17.4 Å². The first-order chi connectivity index (χ1) is 13.4. The van der Waals surface area contributed by atoms with E-state index in [0.717, 1.165) is 16.0 Å². The Morgan fingerprint density at radius 1 is 0.964 bits per heavy atom. The number of piperazine rings is 1. The first-order valence-electron chi connectivity index (χ1n) is 8.45. The Balaban J connectivity index is 1.42. The molecule has 144 valence electrons. The molecule has 10 heteroatoms. The molecular formula is C18H14FN3O4S2. The van der Waals surface area contributed by atoms with Gasteiger partial charge in [0.2, 0.25) is 0 Å². The molecule has 7 nitrogen and oxygen atoms in total. The van der Waals surface area contributed by atoms with Crippen molar-refractivity contribution in [1.29, 1.82) is 0 Å². The lowest BCUT2D eigenvalue weighted by molar-refractivity contribution is -0.380. The molecule has 3 aromatic rings. The van der Waals surface area contributed by atoms with Crippen molar-refractivity contribution in [3.05, 3.63) is 62.1 Å². The van der Waals surface area contributed by atoms with Gasteiger partial charge in [-0.15, -0.1) is 11.3 Å². The number of hydrogen-bond donors (Lipinski definition) is 0. The van der Waals surface area contributed by atoms with Gasteiger partial charge >= 0.3 is 5.00 Å². The lowest BCUT2D eigenvalue weighted by Crippen LogP contribution is -2.50. The standard InChI is InChI=1S/C18H14FN3O4S2/c19-12-2-1-3-13-11(12)10-15(27-13)18(24)21-8-6-20(7-9-21)17(23)14-4-5-16(28-14)22(25)26/h1-5,10H,6-9H2. The van der Waals surface area contributed by atoms with Crippen molar-refractivity contribution < 1.29 is 18.9 Å². The second-order valence-corrected chi connectivity index (χ2v) is 8.39. The molecule has 4 rings (SSSR count). The molecule has 0 saturated carbocycles. The fraction of sp³-hybridized carbons (Fsp3) is 0.222. The Morgan fingerprint density at radius 2 is 1.61 bits per heavy atom. The maximum Gasteiger partial charge on any atom is 0.324 e. The predicted molar refractivity (Wildman–Crippen MR) is 105 cm³/mol. The van der Waals surface area contributed by atoms with Crippen LogP contribution in [-0.4, -0.2) is 52.7 Å². The van der Waals surface area contributed by atoms with Crippen LogP contribution in [0.2, 0.25) is 0 Å². The first-order valence-corrected chi connectivity index (χ1v) is 10.1. The molecule has 0 unspecified atom stereocenters. The van der Waals surface area contributed by atoms with Crippen molar-refractivity contribution >= 4 is 49.6 Å². The minimum atomic E-state index is -0.522. The number of carbonyl (C=O) groups is 2. The van der Waals surface area contributed by atoms with Crippen LogP contribution < -0.4 is 0 Å². The molecule has 2 amide bonds. The van der Waals surface area contributed by atoms with E-state index in [2.05, 4.69) is 0 Å². The number of fused-ring (bicyclic) bond motifs is 1. The monoisotopic (exact) mass is 419 g/mol. The molecule has 0 spiro atoms. The van der Waals surface area contributed by atoms with E-state index in [1.54, 1.807) is 28.0 Å². The summed E-state index contributed by atoms with van der Waals surface area (Å²) in [5.41, 5.74) is 0. The number of hydrogen-bond acceptors (Lipinski definition) is 6. The third-order valence-electron chi connectivity index (χ3n) is 4.56. The van der Waals surface area contributed by atoms with Crippen LogP contribution in [0.1, 0.15) is 19.3 Å². The van der Waals surface area contributed by atoms with Gasteiger partial charge in [-0.05, 0) is 24.3 Å². The fourth-order valence-electron chi connectivity index (χ4n) is 3.10. The molecule has 1 aliphatic heterocycles. The Hall–Kier alpha value is -2.85. The Morgan fingerprint density at radius 3 is 2.18 bits per heavy atom. The summed E-state index contributed by atoms with van der Waals surface area (Å²) in [5, 5.41) is 11.1. The third kappa shape index (κ3) is 3.36.